The second-order valence-electron chi connectivity index (χ2n) is 6.33. The van der Waals surface area contributed by atoms with Crippen LogP contribution in [0.2, 0.25) is 0 Å². The van der Waals surface area contributed by atoms with Crippen LogP contribution in [-0.4, -0.2) is 44.5 Å². The minimum Gasteiger partial charge on any atom is -0.486 e. The summed E-state index contributed by atoms with van der Waals surface area (Å²) >= 11 is 0. The molecule has 8 nitrogen and oxygen atoms in total. The highest BCUT2D eigenvalue weighted by atomic mass is 16.5. The Bertz CT molecular complexity index is 726. The van der Waals surface area contributed by atoms with Crippen molar-refractivity contribution in [3.05, 3.63) is 42.2 Å². The fraction of sp³-hybridized carbons (Fsp3) is 0.471. The Morgan fingerprint density at radius 1 is 1.40 bits per heavy atom. The summed E-state index contributed by atoms with van der Waals surface area (Å²) in [5, 5.41) is 0. The van der Waals surface area contributed by atoms with Gasteiger partial charge in [0.05, 0.1) is 24.8 Å². The van der Waals surface area contributed by atoms with Gasteiger partial charge in [-0.1, -0.05) is 0 Å². The van der Waals surface area contributed by atoms with Crippen LogP contribution in [0.15, 0.2) is 30.9 Å². The highest BCUT2D eigenvalue weighted by Crippen LogP contribution is 2.19. The van der Waals surface area contributed by atoms with E-state index in [1.54, 1.807) is 12.4 Å². The monoisotopic (exact) mass is 342 g/mol. The van der Waals surface area contributed by atoms with Crippen LogP contribution < -0.4 is 15.6 Å². The van der Waals surface area contributed by atoms with Gasteiger partial charge in [-0.05, 0) is 25.0 Å². The lowest BCUT2D eigenvalue weighted by molar-refractivity contribution is -0.133. The summed E-state index contributed by atoms with van der Waals surface area (Å²) in [7, 11) is 0. The Labute approximate surface area is 146 Å². The fourth-order valence-corrected chi connectivity index (χ4v) is 3.30. The van der Waals surface area contributed by atoms with E-state index in [4.69, 9.17) is 4.74 Å². The molecule has 2 aromatic heterocycles. The standard InChI is InChI=1S/C17H22N6O2/c24-17(14-4-6-20-21-14)22-7-2-8-23-12-19-15(16(23)10-22)11-25-13-3-1-5-18-9-13/h1,3,5,9,12,14,20-21H,2,4,6-8,10-11H2. The van der Waals surface area contributed by atoms with E-state index in [0.29, 0.717) is 18.9 Å². The first-order chi connectivity index (χ1) is 12.3. The molecule has 1 fully saturated rings. The molecule has 4 rings (SSSR count). The number of amides is 1. The number of imidazole rings is 1. The number of ether oxygens (including phenoxy) is 1. The lowest BCUT2D eigenvalue weighted by Gasteiger charge is -2.23. The van der Waals surface area contributed by atoms with Crippen LogP contribution in [0.1, 0.15) is 24.2 Å². The van der Waals surface area contributed by atoms with Crippen molar-refractivity contribution in [1.82, 2.24) is 30.3 Å². The van der Waals surface area contributed by atoms with Crippen molar-refractivity contribution in [1.29, 1.82) is 0 Å². The smallest absolute Gasteiger partial charge is 0.241 e. The van der Waals surface area contributed by atoms with Crippen molar-refractivity contribution in [3.63, 3.8) is 0 Å². The van der Waals surface area contributed by atoms with Crippen molar-refractivity contribution in [2.24, 2.45) is 0 Å². The molecule has 2 aromatic rings. The molecule has 0 saturated carbocycles. The average Bonchev–Trinajstić information content (AvgIpc) is 3.26. The topological polar surface area (TPSA) is 84.3 Å². The van der Waals surface area contributed by atoms with E-state index in [2.05, 4.69) is 25.4 Å². The zero-order valence-corrected chi connectivity index (χ0v) is 14.0. The molecule has 2 aliphatic rings. The number of nitrogens with one attached hydrogen (secondary N) is 2. The Hall–Kier alpha value is -2.45. The predicted octanol–water partition coefficient (Wildman–Crippen LogP) is 0.456. The number of nitrogens with zero attached hydrogens (tertiary/aromatic N) is 4. The van der Waals surface area contributed by atoms with Crippen LogP contribution >= 0.6 is 0 Å². The minimum atomic E-state index is -0.135. The van der Waals surface area contributed by atoms with E-state index >= 15 is 0 Å². The van der Waals surface area contributed by atoms with Gasteiger partial charge in [0.1, 0.15) is 24.1 Å². The van der Waals surface area contributed by atoms with Crippen molar-refractivity contribution in [3.8, 4) is 5.75 Å². The van der Waals surface area contributed by atoms with Crippen LogP contribution in [-0.2, 0) is 24.5 Å². The number of hydrogen-bond acceptors (Lipinski definition) is 6. The molecule has 1 saturated heterocycles. The van der Waals surface area contributed by atoms with Crippen LogP contribution in [0.25, 0.3) is 0 Å². The maximum atomic E-state index is 12.7. The molecule has 4 heterocycles. The van der Waals surface area contributed by atoms with E-state index in [0.717, 1.165) is 43.9 Å². The third-order valence-electron chi connectivity index (χ3n) is 4.65. The number of pyridine rings is 1. The molecule has 2 N–H and O–H groups in total. The molecule has 132 valence electrons. The van der Waals surface area contributed by atoms with Gasteiger partial charge in [-0.15, -0.1) is 0 Å². The maximum Gasteiger partial charge on any atom is 0.241 e. The average molecular weight is 342 g/mol. The molecule has 0 bridgehead atoms. The molecule has 1 unspecified atom stereocenters. The second-order valence-corrected chi connectivity index (χ2v) is 6.33. The first kappa shape index (κ1) is 16.0. The molecule has 8 heteroatoms. The first-order valence-electron chi connectivity index (χ1n) is 8.64. The Balaban J connectivity index is 1.48. The van der Waals surface area contributed by atoms with E-state index in [9.17, 15) is 4.79 Å². The number of carbonyl (C=O) groups excluding carboxylic acids is 1. The van der Waals surface area contributed by atoms with Gasteiger partial charge in [0.25, 0.3) is 0 Å². The van der Waals surface area contributed by atoms with Gasteiger partial charge in [-0.3, -0.25) is 15.2 Å². The van der Waals surface area contributed by atoms with Crippen LogP contribution in [0.4, 0.5) is 0 Å². The highest BCUT2D eigenvalue weighted by molar-refractivity contribution is 5.82. The number of hydrazine groups is 1. The summed E-state index contributed by atoms with van der Waals surface area (Å²) in [6.45, 7) is 3.41. The maximum absolute atomic E-state index is 12.7. The first-order valence-corrected chi connectivity index (χ1v) is 8.64. The SMILES string of the molecule is O=C(C1CCNN1)N1CCCn2cnc(COc3cccnc3)c2C1. The lowest BCUT2D eigenvalue weighted by Crippen LogP contribution is -2.45. The number of aromatic nitrogens is 3. The molecular formula is C17H22N6O2. The molecule has 0 aromatic carbocycles. The number of carbonyl (C=O) groups is 1. The molecule has 0 spiro atoms. The molecule has 1 atom stereocenters. The highest BCUT2D eigenvalue weighted by Gasteiger charge is 2.29. The van der Waals surface area contributed by atoms with Crippen molar-refractivity contribution < 1.29 is 9.53 Å². The summed E-state index contributed by atoms with van der Waals surface area (Å²) in [4.78, 5) is 23.2. The van der Waals surface area contributed by atoms with E-state index < -0.39 is 0 Å². The van der Waals surface area contributed by atoms with Crippen molar-refractivity contribution in [2.75, 3.05) is 13.1 Å². The van der Waals surface area contributed by atoms with Gasteiger partial charge < -0.3 is 14.2 Å². The summed E-state index contributed by atoms with van der Waals surface area (Å²) in [5.41, 5.74) is 8.02. The number of rotatable bonds is 4. The van der Waals surface area contributed by atoms with Crippen molar-refractivity contribution in [2.45, 2.75) is 38.6 Å². The largest absolute Gasteiger partial charge is 0.486 e. The summed E-state index contributed by atoms with van der Waals surface area (Å²) < 4.78 is 7.92. The number of aryl methyl sites for hydroxylation is 1. The number of hydrogen-bond donors (Lipinski definition) is 2. The lowest BCUT2D eigenvalue weighted by atomic mass is 10.2. The summed E-state index contributed by atoms with van der Waals surface area (Å²) in [6.07, 6.45) is 7.00. The third-order valence-corrected chi connectivity index (χ3v) is 4.65. The van der Waals surface area contributed by atoms with Crippen LogP contribution in [0, 0.1) is 0 Å². The predicted molar refractivity (Wildman–Crippen MR) is 90.4 cm³/mol. The Morgan fingerprint density at radius 3 is 3.16 bits per heavy atom. The quantitative estimate of drug-likeness (QED) is 0.840. The van der Waals surface area contributed by atoms with Crippen molar-refractivity contribution >= 4 is 5.91 Å². The normalized spacial score (nSPS) is 20.2. The molecule has 2 aliphatic heterocycles. The zero-order valence-electron chi connectivity index (χ0n) is 14.0. The van der Waals surface area contributed by atoms with Crippen LogP contribution in [0.3, 0.4) is 0 Å². The summed E-state index contributed by atoms with van der Waals surface area (Å²) in [6, 6.07) is 3.58. The fourth-order valence-electron chi connectivity index (χ4n) is 3.30. The number of fused-ring (bicyclic) bond motifs is 1. The van der Waals surface area contributed by atoms with Gasteiger partial charge in [-0.2, -0.15) is 0 Å². The Morgan fingerprint density at radius 2 is 2.36 bits per heavy atom. The minimum absolute atomic E-state index is 0.135. The molecule has 25 heavy (non-hydrogen) atoms. The molecular weight excluding hydrogens is 320 g/mol. The van der Waals surface area contributed by atoms with Gasteiger partial charge in [0, 0.05) is 25.8 Å². The molecule has 1 amide bonds. The van der Waals surface area contributed by atoms with Gasteiger partial charge in [0.15, 0.2) is 0 Å². The van der Waals surface area contributed by atoms with Gasteiger partial charge in [0.2, 0.25) is 5.91 Å². The van der Waals surface area contributed by atoms with E-state index in [1.807, 2.05) is 23.4 Å². The van der Waals surface area contributed by atoms with Gasteiger partial charge >= 0.3 is 0 Å². The molecule has 0 radical (unpaired) electrons. The molecule has 0 aliphatic carbocycles. The summed E-state index contributed by atoms with van der Waals surface area (Å²) in [5.74, 6) is 0.866. The van der Waals surface area contributed by atoms with Crippen LogP contribution in [0.5, 0.6) is 5.75 Å². The second kappa shape index (κ2) is 7.20. The van der Waals surface area contributed by atoms with E-state index in [1.165, 1.54) is 0 Å². The zero-order chi connectivity index (χ0) is 17.1. The third kappa shape index (κ3) is 3.49. The Kier molecular flexibility index (Phi) is 4.62. The van der Waals surface area contributed by atoms with E-state index in [-0.39, 0.29) is 11.9 Å². The van der Waals surface area contributed by atoms with Gasteiger partial charge in [-0.25, -0.2) is 10.4 Å².